The molecule has 0 spiro atoms. The lowest BCUT2D eigenvalue weighted by atomic mass is 10.1. The van der Waals surface area contributed by atoms with Crippen molar-refractivity contribution in [1.29, 1.82) is 0 Å². The normalized spacial score (nSPS) is 9.95. The maximum atomic E-state index is 11.8. The van der Waals surface area contributed by atoms with Crippen LogP contribution in [0.15, 0.2) is 24.3 Å². The summed E-state index contributed by atoms with van der Waals surface area (Å²) in [6, 6.07) is 7.07. The molecule has 0 aliphatic rings. The van der Waals surface area contributed by atoms with E-state index in [0.717, 1.165) is 5.56 Å². The first-order valence-corrected chi connectivity index (χ1v) is 6.82. The molecule has 114 valence electrons. The smallest absolute Gasteiger partial charge is 0.303 e. The number of nitrogens with one attached hydrogen (secondary N) is 2. The molecule has 2 amide bonds. The fraction of sp³-hybridized carbons (Fsp3) is 0.400. The van der Waals surface area contributed by atoms with Crippen LogP contribution in [0.1, 0.15) is 35.2 Å². The van der Waals surface area contributed by atoms with Gasteiger partial charge < -0.3 is 15.7 Å². The monoisotopic (exact) mass is 292 g/mol. The first-order valence-electron chi connectivity index (χ1n) is 6.82. The number of carbonyl (C=O) groups excluding carboxylic acids is 2. The molecule has 6 heteroatoms. The summed E-state index contributed by atoms with van der Waals surface area (Å²) in [4.78, 5) is 33.5. The van der Waals surface area contributed by atoms with E-state index in [2.05, 4.69) is 10.6 Å². The lowest BCUT2D eigenvalue weighted by Crippen LogP contribution is -2.37. The van der Waals surface area contributed by atoms with Crippen molar-refractivity contribution in [2.75, 3.05) is 13.1 Å². The molecule has 0 saturated carbocycles. The fourth-order valence-electron chi connectivity index (χ4n) is 1.66. The summed E-state index contributed by atoms with van der Waals surface area (Å²) in [6.45, 7) is 2.25. The van der Waals surface area contributed by atoms with E-state index in [-0.39, 0.29) is 24.8 Å². The Balaban J connectivity index is 2.19. The third-order valence-corrected chi connectivity index (χ3v) is 2.86. The van der Waals surface area contributed by atoms with Crippen molar-refractivity contribution in [3.05, 3.63) is 35.4 Å². The van der Waals surface area contributed by atoms with Crippen LogP contribution in [0, 0.1) is 6.92 Å². The highest BCUT2D eigenvalue weighted by atomic mass is 16.4. The summed E-state index contributed by atoms with van der Waals surface area (Å²) in [7, 11) is 0. The molecule has 0 bridgehead atoms. The number of amides is 2. The standard InChI is InChI=1S/C15H20N2O4/c1-11-5-7-12(8-6-11)15(21)17-10-13(18)16-9-3-2-4-14(19)20/h5-8H,2-4,9-10H2,1H3,(H,16,18)(H,17,21)(H,19,20). The van der Waals surface area contributed by atoms with Crippen molar-refractivity contribution in [3.8, 4) is 0 Å². The van der Waals surface area contributed by atoms with Gasteiger partial charge in [0.15, 0.2) is 0 Å². The van der Waals surface area contributed by atoms with Crippen LogP contribution in [0.3, 0.4) is 0 Å². The fourth-order valence-corrected chi connectivity index (χ4v) is 1.66. The maximum Gasteiger partial charge on any atom is 0.303 e. The van der Waals surface area contributed by atoms with E-state index in [4.69, 9.17) is 5.11 Å². The highest BCUT2D eigenvalue weighted by Gasteiger charge is 2.07. The minimum Gasteiger partial charge on any atom is -0.481 e. The van der Waals surface area contributed by atoms with E-state index in [9.17, 15) is 14.4 Å². The summed E-state index contributed by atoms with van der Waals surface area (Å²) < 4.78 is 0. The SMILES string of the molecule is Cc1ccc(C(=O)NCC(=O)NCCCCC(=O)O)cc1. The quantitative estimate of drug-likeness (QED) is 0.625. The van der Waals surface area contributed by atoms with Gasteiger partial charge in [0.2, 0.25) is 5.91 Å². The van der Waals surface area contributed by atoms with Crippen molar-refractivity contribution in [1.82, 2.24) is 10.6 Å². The number of hydrogen-bond donors (Lipinski definition) is 3. The second-order valence-corrected chi connectivity index (χ2v) is 4.75. The van der Waals surface area contributed by atoms with E-state index >= 15 is 0 Å². The molecule has 0 saturated heterocycles. The first-order chi connectivity index (χ1) is 9.99. The van der Waals surface area contributed by atoms with Crippen LogP contribution in [-0.4, -0.2) is 36.0 Å². The molecule has 6 nitrogen and oxygen atoms in total. The number of carboxylic acid groups (broad SMARTS) is 1. The number of hydrogen-bond acceptors (Lipinski definition) is 3. The van der Waals surface area contributed by atoms with Crippen LogP contribution in [0.5, 0.6) is 0 Å². The molecule has 0 aliphatic heterocycles. The van der Waals surface area contributed by atoms with E-state index in [1.54, 1.807) is 12.1 Å². The number of carbonyl (C=O) groups is 3. The van der Waals surface area contributed by atoms with Crippen LogP contribution < -0.4 is 10.6 Å². The predicted molar refractivity (Wildman–Crippen MR) is 78.0 cm³/mol. The van der Waals surface area contributed by atoms with Crippen molar-refractivity contribution < 1.29 is 19.5 Å². The summed E-state index contributed by atoms with van der Waals surface area (Å²) in [5.41, 5.74) is 1.57. The Hall–Kier alpha value is -2.37. The Labute approximate surface area is 123 Å². The van der Waals surface area contributed by atoms with Crippen molar-refractivity contribution in [2.45, 2.75) is 26.2 Å². The Morgan fingerprint density at radius 1 is 1.05 bits per heavy atom. The first kappa shape index (κ1) is 16.7. The van der Waals surface area contributed by atoms with E-state index in [0.29, 0.717) is 24.9 Å². The number of aryl methyl sites for hydroxylation is 1. The van der Waals surface area contributed by atoms with Crippen LogP contribution in [-0.2, 0) is 9.59 Å². The summed E-state index contributed by atoms with van der Waals surface area (Å²) >= 11 is 0. The highest BCUT2D eigenvalue weighted by Crippen LogP contribution is 2.02. The highest BCUT2D eigenvalue weighted by molar-refractivity contribution is 5.96. The molecule has 0 unspecified atom stereocenters. The van der Waals surface area contributed by atoms with Crippen LogP contribution in [0.4, 0.5) is 0 Å². The number of rotatable bonds is 8. The van der Waals surface area contributed by atoms with Gasteiger partial charge in [-0.2, -0.15) is 0 Å². The summed E-state index contributed by atoms with van der Waals surface area (Å²) in [5.74, 6) is -1.42. The molecule has 3 N–H and O–H groups in total. The largest absolute Gasteiger partial charge is 0.481 e. The van der Waals surface area contributed by atoms with E-state index in [1.807, 2.05) is 19.1 Å². The van der Waals surface area contributed by atoms with Gasteiger partial charge in [-0.15, -0.1) is 0 Å². The minimum atomic E-state index is -0.841. The maximum absolute atomic E-state index is 11.8. The van der Waals surface area contributed by atoms with Gasteiger partial charge >= 0.3 is 5.97 Å². The predicted octanol–water partition coefficient (Wildman–Crippen LogP) is 1.10. The lowest BCUT2D eigenvalue weighted by molar-refractivity contribution is -0.137. The second-order valence-electron chi connectivity index (χ2n) is 4.75. The average Bonchev–Trinajstić information content (AvgIpc) is 2.44. The van der Waals surface area contributed by atoms with Gasteiger partial charge in [0.25, 0.3) is 5.91 Å². The van der Waals surface area contributed by atoms with Gasteiger partial charge in [-0.25, -0.2) is 0 Å². The summed E-state index contributed by atoms with van der Waals surface area (Å²) in [6.07, 6.45) is 1.22. The van der Waals surface area contributed by atoms with Gasteiger partial charge in [-0.3, -0.25) is 14.4 Å². The molecule has 21 heavy (non-hydrogen) atoms. The topological polar surface area (TPSA) is 95.5 Å². The van der Waals surface area contributed by atoms with Crippen molar-refractivity contribution >= 4 is 17.8 Å². The van der Waals surface area contributed by atoms with Crippen LogP contribution in [0.25, 0.3) is 0 Å². The molecule has 0 radical (unpaired) electrons. The Morgan fingerprint density at radius 3 is 2.33 bits per heavy atom. The third-order valence-electron chi connectivity index (χ3n) is 2.86. The molecule has 0 heterocycles. The van der Waals surface area contributed by atoms with Gasteiger partial charge in [-0.05, 0) is 31.9 Å². The molecule has 0 fully saturated rings. The number of benzene rings is 1. The molecule has 0 aromatic heterocycles. The summed E-state index contributed by atoms with van der Waals surface area (Å²) in [5, 5.41) is 13.6. The zero-order valence-electron chi connectivity index (χ0n) is 12.0. The zero-order valence-corrected chi connectivity index (χ0v) is 12.0. The van der Waals surface area contributed by atoms with Crippen molar-refractivity contribution in [2.24, 2.45) is 0 Å². The molecule has 0 atom stereocenters. The van der Waals surface area contributed by atoms with Gasteiger partial charge in [0.1, 0.15) is 0 Å². The van der Waals surface area contributed by atoms with Gasteiger partial charge in [0.05, 0.1) is 6.54 Å². The number of carboxylic acids is 1. The third kappa shape index (κ3) is 7.10. The zero-order chi connectivity index (χ0) is 15.7. The Bertz CT molecular complexity index is 497. The van der Waals surface area contributed by atoms with Gasteiger partial charge in [-0.1, -0.05) is 17.7 Å². The Kier molecular flexibility index (Phi) is 6.94. The number of unbranched alkanes of at least 4 members (excludes halogenated alkanes) is 1. The van der Waals surface area contributed by atoms with Crippen LogP contribution in [0.2, 0.25) is 0 Å². The Morgan fingerprint density at radius 2 is 1.71 bits per heavy atom. The van der Waals surface area contributed by atoms with Gasteiger partial charge in [0, 0.05) is 18.5 Å². The molecule has 1 aromatic rings. The average molecular weight is 292 g/mol. The molecule has 0 aliphatic carbocycles. The second kappa shape index (κ2) is 8.73. The van der Waals surface area contributed by atoms with E-state index < -0.39 is 5.97 Å². The minimum absolute atomic E-state index is 0.0916. The van der Waals surface area contributed by atoms with Crippen LogP contribution >= 0.6 is 0 Å². The molecular formula is C15H20N2O4. The lowest BCUT2D eigenvalue weighted by Gasteiger charge is -2.07. The molecular weight excluding hydrogens is 272 g/mol. The van der Waals surface area contributed by atoms with Crippen molar-refractivity contribution in [3.63, 3.8) is 0 Å². The molecule has 1 rings (SSSR count). The van der Waals surface area contributed by atoms with E-state index in [1.165, 1.54) is 0 Å². The molecule has 1 aromatic carbocycles. The number of aliphatic carboxylic acids is 1.